The summed E-state index contributed by atoms with van der Waals surface area (Å²) in [6, 6.07) is 7.82. The Balaban J connectivity index is 2.05. The highest BCUT2D eigenvalue weighted by Gasteiger charge is 2.51. The zero-order valence-corrected chi connectivity index (χ0v) is 8.86. The van der Waals surface area contributed by atoms with Gasteiger partial charge in [-0.05, 0) is 18.1 Å². The number of carbonyl (C=O) groups is 1. The molecule has 1 saturated heterocycles. The van der Waals surface area contributed by atoms with Crippen molar-refractivity contribution in [2.75, 3.05) is 18.5 Å². The average molecular weight is 218 g/mol. The van der Waals surface area contributed by atoms with E-state index in [2.05, 4.69) is 10.6 Å². The molecule has 0 aliphatic carbocycles. The molecular formula is C12H14N2O2. The van der Waals surface area contributed by atoms with Gasteiger partial charge in [0, 0.05) is 18.3 Å². The molecule has 1 spiro atoms. The number of rotatable bonds is 1. The second-order valence-corrected chi connectivity index (χ2v) is 4.55. The third-order valence-corrected chi connectivity index (χ3v) is 3.63. The molecule has 1 fully saturated rings. The standard InChI is InChI=1S/C12H14N2O2/c15-6-8-5-12(7-13-8)9-3-1-2-4-10(9)14-11(12)16/h1-4,8,13,15H,5-7H2,(H,14,16)/t8-,12-/m0/s1. The summed E-state index contributed by atoms with van der Waals surface area (Å²) in [5.74, 6) is 0.0529. The number of aliphatic hydroxyl groups excluding tert-OH is 1. The Morgan fingerprint density at radius 3 is 3.00 bits per heavy atom. The van der Waals surface area contributed by atoms with E-state index in [9.17, 15) is 4.79 Å². The molecule has 0 bridgehead atoms. The summed E-state index contributed by atoms with van der Waals surface area (Å²) in [4.78, 5) is 12.1. The van der Waals surface area contributed by atoms with E-state index in [1.54, 1.807) is 0 Å². The minimum atomic E-state index is -0.468. The van der Waals surface area contributed by atoms with Crippen LogP contribution < -0.4 is 10.6 Å². The molecule has 2 heterocycles. The van der Waals surface area contributed by atoms with E-state index in [4.69, 9.17) is 5.11 Å². The lowest BCUT2D eigenvalue weighted by Gasteiger charge is -2.19. The Morgan fingerprint density at radius 2 is 2.25 bits per heavy atom. The number of nitrogens with one attached hydrogen (secondary N) is 2. The monoisotopic (exact) mass is 218 g/mol. The number of para-hydroxylation sites is 1. The van der Waals surface area contributed by atoms with Crippen molar-refractivity contribution in [1.29, 1.82) is 0 Å². The van der Waals surface area contributed by atoms with E-state index in [0.717, 1.165) is 11.3 Å². The maximum atomic E-state index is 12.1. The van der Waals surface area contributed by atoms with Crippen molar-refractivity contribution < 1.29 is 9.90 Å². The SMILES string of the molecule is O=C1Nc2ccccc2[C@]12CN[C@H](CO)C2. The molecule has 2 aliphatic heterocycles. The van der Waals surface area contributed by atoms with Gasteiger partial charge >= 0.3 is 0 Å². The van der Waals surface area contributed by atoms with Crippen LogP contribution in [0.5, 0.6) is 0 Å². The van der Waals surface area contributed by atoms with Gasteiger partial charge in [-0.25, -0.2) is 0 Å². The molecule has 0 unspecified atom stereocenters. The van der Waals surface area contributed by atoms with Crippen LogP contribution in [0.2, 0.25) is 0 Å². The van der Waals surface area contributed by atoms with E-state index in [1.807, 2.05) is 24.3 Å². The molecule has 4 nitrogen and oxygen atoms in total. The van der Waals surface area contributed by atoms with Crippen molar-refractivity contribution in [3.05, 3.63) is 29.8 Å². The normalized spacial score (nSPS) is 31.8. The van der Waals surface area contributed by atoms with Crippen molar-refractivity contribution in [2.24, 2.45) is 0 Å². The smallest absolute Gasteiger partial charge is 0.236 e. The summed E-state index contributed by atoms with van der Waals surface area (Å²) in [5.41, 5.74) is 1.50. The summed E-state index contributed by atoms with van der Waals surface area (Å²) in [6.07, 6.45) is 0.673. The minimum absolute atomic E-state index is 0.0249. The van der Waals surface area contributed by atoms with Crippen LogP contribution in [-0.4, -0.2) is 30.2 Å². The summed E-state index contributed by atoms with van der Waals surface area (Å²) in [5, 5.41) is 15.3. The second kappa shape index (κ2) is 3.30. The molecule has 0 aromatic heterocycles. The molecule has 16 heavy (non-hydrogen) atoms. The van der Waals surface area contributed by atoms with Gasteiger partial charge < -0.3 is 15.7 Å². The molecule has 0 saturated carbocycles. The first kappa shape index (κ1) is 9.81. The van der Waals surface area contributed by atoms with Crippen molar-refractivity contribution in [3.8, 4) is 0 Å². The molecule has 4 heteroatoms. The Labute approximate surface area is 93.7 Å². The van der Waals surface area contributed by atoms with Gasteiger partial charge in [0.2, 0.25) is 5.91 Å². The lowest BCUT2D eigenvalue weighted by atomic mass is 9.80. The van der Waals surface area contributed by atoms with Gasteiger partial charge in [-0.15, -0.1) is 0 Å². The van der Waals surface area contributed by atoms with E-state index >= 15 is 0 Å². The predicted molar refractivity (Wildman–Crippen MR) is 60.2 cm³/mol. The first-order chi connectivity index (χ1) is 7.76. The van der Waals surface area contributed by atoms with Crippen LogP contribution in [-0.2, 0) is 10.2 Å². The second-order valence-electron chi connectivity index (χ2n) is 4.55. The highest BCUT2D eigenvalue weighted by Crippen LogP contribution is 2.42. The zero-order chi connectivity index (χ0) is 11.2. The third-order valence-electron chi connectivity index (χ3n) is 3.63. The quantitative estimate of drug-likeness (QED) is 0.632. The minimum Gasteiger partial charge on any atom is -0.395 e. The van der Waals surface area contributed by atoms with Gasteiger partial charge in [-0.3, -0.25) is 4.79 Å². The van der Waals surface area contributed by atoms with Gasteiger partial charge in [0.1, 0.15) is 0 Å². The predicted octanol–water partition coefficient (Wildman–Crippen LogP) is 0.231. The lowest BCUT2D eigenvalue weighted by molar-refractivity contribution is -0.120. The molecule has 2 atom stereocenters. The summed E-state index contributed by atoms with van der Waals surface area (Å²) < 4.78 is 0. The number of carbonyl (C=O) groups excluding carboxylic acids is 1. The molecule has 2 aliphatic rings. The number of hydrogen-bond donors (Lipinski definition) is 3. The van der Waals surface area contributed by atoms with Crippen LogP contribution in [0.3, 0.4) is 0 Å². The van der Waals surface area contributed by atoms with Crippen LogP contribution in [0.15, 0.2) is 24.3 Å². The lowest BCUT2D eigenvalue weighted by Crippen LogP contribution is -2.36. The Morgan fingerprint density at radius 1 is 1.44 bits per heavy atom. The van der Waals surface area contributed by atoms with Crippen LogP contribution in [0.4, 0.5) is 5.69 Å². The molecule has 3 rings (SSSR count). The molecule has 84 valence electrons. The van der Waals surface area contributed by atoms with Gasteiger partial charge in [-0.2, -0.15) is 0 Å². The van der Waals surface area contributed by atoms with Crippen molar-refractivity contribution in [3.63, 3.8) is 0 Å². The van der Waals surface area contributed by atoms with Crippen LogP contribution in [0.1, 0.15) is 12.0 Å². The first-order valence-electron chi connectivity index (χ1n) is 5.51. The van der Waals surface area contributed by atoms with E-state index in [0.29, 0.717) is 13.0 Å². The van der Waals surface area contributed by atoms with Crippen LogP contribution in [0, 0.1) is 0 Å². The first-order valence-corrected chi connectivity index (χ1v) is 5.51. The van der Waals surface area contributed by atoms with Gasteiger partial charge in [0.25, 0.3) is 0 Å². The maximum absolute atomic E-state index is 12.1. The summed E-state index contributed by atoms with van der Waals surface area (Å²) in [6.45, 7) is 0.693. The van der Waals surface area contributed by atoms with Crippen molar-refractivity contribution in [2.45, 2.75) is 17.9 Å². The van der Waals surface area contributed by atoms with E-state index < -0.39 is 5.41 Å². The fourth-order valence-electron chi connectivity index (χ4n) is 2.76. The fourth-order valence-corrected chi connectivity index (χ4v) is 2.76. The molecule has 3 N–H and O–H groups in total. The molecule has 1 aromatic carbocycles. The Kier molecular flexibility index (Phi) is 2.02. The number of anilines is 1. The van der Waals surface area contributed by atoms with Crippen LogP contribution >= 0.6 is 0 Å². The van der Waals surface area contributed by atoms with Gasteiger partial charge in [0.05, 0.1) is 12.0 Å². The number of amides is 1. The van der Waals surface area contributed by atoms with Gasteiger partial charge in [-0.1, -0.05) is 18.2 Å². The highest BCUT2D eigenvalue weighted by atomic mass is 16.3. The van der Waals surface area contributed by atoms with Crippen molar-refractivity contribution in [1.82, 2.24) is 5.32 Å². The number of fused-ring (bicyclic) bond motifs is 2. The van der Waals surface area contributed by atoms with E-state index in [1.165, 1.54) is 0 Å². The largest absolute Gasteiger partial charge is 0.395 e. The molecular weight excluding hydrogens is 204 g/mol. The fraction of sp³-hybridized carbons (Fsp3) is 0.417. The Hall–Kier alpha value is -1.39. The third kappa shape index (κ3) is 1.14. The number of benzene rings is 1. The molecule has 1 aromatic rings. The summed E-state index contributed by atoms with van der Waals surface area (Å²) in [7, 11) is 0. The van der Waals surface area contributed by atoms with E-state index in [-0.39, 0.29) is 18.6 Å². The zero-order valence-electron chi connectivity index (χ0n) is 8.86. The van der Waals surface area contributed by atoms with Crippen LogP contribution in [0.25, 0.3) is 0 Å². The molecule has 1 amide bonds. The number of aliphatic hydroxyl groups is 1. The Bertz CT molecular complexity index is 446. The topological polar surface area (TPSA) is 61.4 Å². The highest BCUT2D eigenvalue weighted by molar-refractivity contribution is 6.06. The van der Waals surface area contributed by atoms with Gasteiger partial charge in [0.15, 0.2) is 0 Å². The average Bonchev–Trinajstić information content (AvgIpc) is 2.85. The molecule has 0 radical (unpaired) electrons. The summed E-state index contributed by atoms with van der Waals surface area (Å²) >= 11 is 0. The maximum Gasteiger partial charge on any atom is 0.236 e. The number of hydrogen-bond acceptors (Lipinski definition) is 3. The van der Waals surface area contributed by atoms with Crippen molar-refractivity contribution >= 4 is 11.6 Å².